The maximum atomic E-state index is 12.5. The number of rotatable bonds is 4. The largest absolute Gasteiger partial charge is 0.416 e. The van der Waals surface area contributed by atoms with Gasteiger partial charge in [0, 0.05) is 6.54 Å². The molecule has 0 aromatic heterocycles. The van der Waals surface area contributed by atoms with Gasteiger partial charge in [-0.2, -0.15) is 13.2 Å². The van der Waals surface area contributed by atoms with Gasteiger partial charge >= 0.3 is 6.18 Å². The highest BCUT2D eigenvalue weighted by Gasteiger charge is 2.32. The first kappa shape index (κ1) is 15.3. The summed E-state index contributed by atoms with van der Waals surface area (Å²) in [5.41, 5.74) is -0.243. The van der Waals surface area contributed by atoms with Crippen LogP contribution in [0.15, 0.2) is 24.3 Å². The van der Waals surface area contributed by atoms with Crippen LogP contribution in [0.4, 0.5) is 13.2 Å². The van der Waals surface area contributed by atoms with Crippen molar-refractivity contribution in [3.05, 3.63) is 35.4 Å². The van der Waals surface area contributed by atoms with Crippen molar-refractivity contribution in [3.63, 3.8) is 0 Å². The Labute approximate surface area is 99.5 Å². The van der Waals surface area contributed by atoms with Crippen LogP contribution < -0.4 is 5.32 Å². The Morgan fingerprint density at radius 3 is 2.38 bits per heavy atom. The summed E-state index contributed by atoms with van der Waals surface area (Å²) in [5, 5.41) is 2.96. The number of hydrogen-bond acceptors (Lipinski definition) is 1. The molecule has 0 saturated heterocycles. The Kier molecular flexibility index (Phi) is 6.45. The molecule has 1 aromatic carbocycles. The second kappa shape index (κ2) is 6.76. The van der Waals surface area contributed by atoms with Gasteiger partial charge in [0.2, 0.25) is 0 Å². The van der Waals surface area contributed by atoms with Crippen LogP contribution in [0.1, 0.15) is 24.5 Å². The first-order valence-corrected chi connectivity index (χ1v) is 4.91. The summed E-state index contributed by atoms with van der Waals surface area (Å²) in [6.45, 7) is 2.97. The third-order valence-corrected chi connectivity index (χ3v) is 2.06. The molecule has 0 aliphatic carbocycles. The van der Waals surface area contributed by atoms with Gasteiger partial charge in [0.25, 0.3) is 0 Å². The van der Waals surface area contributed by atoms with Crippen LogP contribution >= 0.6 is 12.4 Å². The van der Waals surface area contributed by atoms with Crippen LogP contribution in [-0.2, 0) is 12.7 Å². The van der Waals surface area contributed by atoms with E-state index in [1.54, 1.807) is 6.07 Å². The third-order valence-electron chi connectivity index (χ3n) is 2.06. The minimum absolute atomic E-state index is 0. The lowest BCUT2D eigenvalue weighted by molar-refractivity contribution is -0.138. The molecular formula is C11H15ClF3N. The lowest BCUT2D eigenvalue weighted by atomic mass is 10.1. The molecule has 0 amide bonds. The van der Waals surface area contributed by atoms with Gasteiger partial charge in [-0.3, -0.25) is 0 Å². The summed E-state index contributed by atoms with van der Waals surface area (Å²) < 4.78 is 37.6. The first-order chi connectivity index (χ1) is 7.05. The monoisotopic (exact) mass is 253 g/mol. The zero-order valence-electron chi connectivity index (χ0n) is 8.97. The van der Waals surface area contributed by atoms with E-state index in [0.717, 1.165) is 19.0 Å². The van der Waals surface area contributed by atoms with Gasteiger partial charge in [-0.1, -0.05) is 25.1 Å². The lowest BCUT2D eigenvalue weighted by Gasteiger charge is -2.12. The highest BCUT2D eigenvalue weighted by Crippen LogP contribution is 2.31. The maximum Gasteiger partial charge on any atom is 0.416 e. The molecular weight excluding hydrogens is 239 g/mol. The van der Waals surface area contributed by atoms with Gasteiger partial charge in [0.05, 0.1) is 5.56 Å². The SMILES string of the molecule is CCCNCc1ccccc1C(F)(F)F.Cl. The van der Waals surface area contributed by atoms with E-state index in [2.05, 4.69) is 5.32 Å². The van der Waals surface area contributed by atoms with E-state index >= 15 is 0 Å². The van der Waals surface area contributed by atoms with E-state index in [1.807, 2.05) is 6.92 Å². The van der Waals surface area contributed by atoms with Crippen LogP contribution in [0, 0.1) is 0 Å². The van der Waals surface area contributed by atoms with Crippen LogP contribution in [0.3, 0.4) is 0 Å². The van der Waals surface area contributed by atoms with Crippen molar-refractivity contribution >= 4 is 12.4 Å². The van der Waals surface area contributed by atoms with Crippen molar-refractivity contribution in [1.82, 2.24) is 5.32 Å². The van der Waals surface area contributed by atoms with E-state index in [9.17, 15) is 13.2 Å². The second-order valence-corrected chi connectivity index (χ2v) is 3.33. The molecule has 1 aromatic rings. The van der Waals surface area contributed by atoms with E-state index in [4.69, 9.17) is 0 Å². The molecule has 0 unspecified atom stereocenters. The van der Waals surface area contributed by atoms with Crippen molar-refractivity contribution in [2.24, 2.45) is 0 Å². The number of halogens is 4. The standard InChI is InChI=1S/C11H14F3N.ClH/c1-2-7-15-8-9-5-3-4-6-10(9)11(12,13)14;/h3-6,15H,2,7-8H2,1H3;1H. The van der Waals surface area contributed by atoms with E-state index in [-0.39, 0.29) is 19.0 Å². The molecule has 0 aliphatic rings. The summed E-state index contributed by atoms with van der Waals surface area (Å²) in [5.74, 6) is 0. The lowest BCUT2D eigenvalue weighted by Crippen LogP contribution is -2.18. The normalized spacial score (nSPS) is 11.0. The molecule has 0 saturated carbocycles. The zero-order valence-corrected chi connectivity index (χ0v) is 9.79. The fraction of sp³-hybridized carbons (Fsp3) is 0.455. The molecule has 0 bridgehead atoms. The fourth-order valence-corrected chi connectivity index (χ4v) is 1.35. The van der Waals surface area contributed by atoms with Crippen LogP contribution in [0.2, 0.25) is 0 Å². The molecule has 0 atom stereocenters. The molecule has 0 aliphatic heterocycles. The molecule has 1 rings (SSSR count). The van der Waals surface area contributed by atoms with Crippen molar-refractivity contribution in [3.8, 4) is 0 Å². The number of nitrogens with one attached hydrogen (secondary N) is 1. The van der Waals surface area contributed by atoms with Crippen molar-refractivity contribution in [2.75, 3.05) is 6.54 Å². The topological polar surface area (TPSA) is 12.0 Å². The second-order valence-electron chi connectivity index (χ2n) is 3.33. The number of benzene rings is 1. The van der Waals surface area contributed by atoms with Gasteiger partial charge in [0.15, 0.2) is 0 Å². The third kappa shape index (κ3) is 4.41. The van der Waals surface area contributed by atoms with Crippen molar-refractivity contribution in [2.45, 2.75) is 26.1 Å². The average Bonchev–Trinajstić information content (AvgIpc) is 2.17. The number of hydrogen-bond donors (Lipinski definition) is 1. The Bertz CT molecular complexity index is 312. The highest BCUT2D eigenvalue weighted by atomic mass is 35.5. The first-order valence-electron chi connectivity index (χ1n) is 4.91. The molecule has 16 heavy (non-hydrogen) atoms. The summed E-state index contributed by atoms with van der Waals surface area (Å²) in [4.78, 5) is 0. The van der Waals surface area contributed by atoms with Gasteiger partial charge in [-0.05, 0) is 24.6 Å². The molecule has 0 heterocycles. The van der Waals surface area contributed by atoms with Crippen molar-refractivity contribution in [1.29, 1.82) is 0 Å². The zero-order chi connectivity index (χ0) is 11.3. The Hall–Kier alpha value is -0.740. The maximum absolute atomic E-state index is 12.5. The molecule has 1 N–H and O–H groups in total. The molecule has 0 fully saturated rings. The van der Waals surface area contributed by atoms with Crippen LogP contribution in [0.5, 0.6) is 0 Å². The predicted molar refractivity (Wildman–Crippen MR) is 60.7 cm³/mol. The van der Waals surface area contributed by atoms with Crippen LogP contribution in [0.25, 0.3) is 0 Å². The van der Waals surface area contributed by atoms with Gasteiger partial charge in [-0.25, -0.2) is 0 Å². The Morgan fingerprint density at radius 1 is 1.19 bits per heavy atom. The smallest absolute Gasteiger partial charge is 0.313 e. The van der Waals surface area contributed by atoms with Crippen LogP contribution in [-0.4, -0.2) is 6.54 Å². The summed E-state index contributed by atoms with van der Waals surface area (Å²) in [7, 11) is 0. The average molecular weight is 254 g/mol. The van der Waals surface area contributed by atoms with Gasteiger partial charge in [-0.15, -0.1) is 12.4 Å². The molecule has 0 spiro atoms. The summed E-state index contributed by atoms with van der Waals surface area (Å²) in [6.07, 6.45) is -3.35. The molecule has 0 radical (unpaired) electrons. The van der Waals surface area contributed by atoms with Gasteiger partial charge in [0.1, 0.15) is 0 Å². The van der Waals surface area contributed by atoms with E-state index < -0.39 is 11.7 Å². The van der Waals surface area contributed by atoms with E-state index in [1.165, 1.54) is 12.1 Å². The fourth-order valence-electron chi connectivity index (χ4n) is 1.35. The molecule has 92 valence electrons. The quantitative estimate of drug-likeness (QED) is 0.808. The molecule has 1 nitrogen and oxygen atoms in total. The van der Waals surface area contributed by atoms with Crippen molar-refractivity contribution < 1.29 is 13.2 Å². The highest BCUT2D eigenvalue weighted by molar-refractivity contribution is 5.85. The molecule has 5 heteroatoms. The summed E-state index contributed by atoms with van der Waals surface area (Å²) in [6, 6.07) is 5.65. The van der Waals surface area contributed by atoms with E-state index in [0.29, 0.717) is 5.56 Å². The minimum Gasteiger partial charge on any atom is -0.313 e. The van der Waals surface area contributed by atoms with Gasteiger partial charge < -0.3 is 5.32 Å². The minimum atomic E-state index is -4.26. The predicted octanol–water partition coefficient (Wildman–Crippen LogP) is 3.63. The Balaban J connectivity index is 0.00000225. The summed E-state index contributed by atoms with van der Waals surface area (Å²) >= 11 is 0. The Morgan fingerprint density at radius 2 is 1.81 bits per heavy atom. The number of alkyl halides is 3.